The maximum absolute atomic E-state index is 13.3. The molecule has 0 heterocycles. The van der Waals surface area contributed by atoms with Crippen LogP contribution in [0.4, 0.5) is 10.1 Å². The van der Waals surface area contributed by atoms with E-state index in [1.54, 1.807) is 12.1 Å². The second-order valence-corrected chi connectivity index (χ2v) is 4.22. The first-order valence-corrected chi connectivity index (χ1v) is 6.44. The Morgan fingerprint density at radius 2 is 1.73 bits per heavy atom. The molecular formula is C15H14FNO5. The molecule has 0 aliphatic heterocycles. The second kappa shape index (κ2) is 7.26. The van der Waals surface area contributed by atoms with Crippen LogP contribution in [0.5, 0.6) is 17.2 Å². The first-order chi connectivity index (χ1) is 10.6. The third-order valence-corrected chi connectivity index (χ3v) is 2.79. The van der Waals surface area contributed by atoms with Crippen molar-refractivity contribution in [2.75, 3.05) is 20.3 Å². The highest BCUT2D eigenvalue weighted by Gasteiger charge is 2.12. The van der Waals surface area contributed by atoms with Gasteiger partial charge in [0.25, 0.3) is 5.69 Å². The lowest BCUT2D eigenvalue weighted by Gasteiger charge is -2.11. The summed E-state index contributed by atoms with van der Waals surface area (Å²) in [4.78, 5) is 10.2. The molecule has 0 N–H and O–H groups in total. The molecule has 2 rings (SSSR count). The van der Waals surface area contributed by atoms with E-state index < -0.39 is 10.7 Å². The lowest BCUT2D eigenvalue weighted by atomic mass is 10.3. The van der Waals surface area contributed by atoms with Gasteiger partial charge in [-0.3, -0.25) is 10.1 Å². The van der Waals surface area contributed by atoms with Gasteiger partial charge in [0.15, 0.2) is 23.1 Å². The molecule has 0 aromatic heterocycles. The van der Waals surface area contributed by atoms with E-state index >= 15 is 0 Å². The molecule has 2 aromatic carbocycles. The van der Waals surface area contributed by atoms with Crippen molar-refractivity contribution in [2.45, 2.75) is 0 Å². The smallest absolute Gasteiger partial charge is 0.273 e. The summed E-state index contributed by atoms with van der Waals surface area (Å²) in [6, 6.07) is 10.0. The van der Waals surface area contributed by atoms with Crippen molar-refractivity contribution in [3.8, 4) is 17.2 Å². The Labute approximate surface area is 126 Å². The lowest BCUT2D eigenvalue weighted by molar-refractivity contribution is -0.385. The van der Waals surface area contributed by atoms with Gasteiger partial charge < -0.3 is 14.2 Å². The SMILES string of the molecule is COc1ccc([N+](=O)[O-])cc1OCCOc1ccccc1F. The molecule has 0 saturated heterocycles. The summed E-state index contributed by atoms with van der Waals surface area (Å²) in [6.07, 6.45) is 0. The van der Waals surface area contributed by atoms with E-state index in [0.29, 0.717) is 5.75 Å². The summed E-state index contributed by atoms with van der Waals surface area (Å²) in [5.41, 5.74) is -0.106. The van der Waals surface area contributed by atoms with Crippen molar-refractivity contribution in [1.29, 1.82) is 0 Å². The van der Waals surface area contributed by atoms with E-state index in [1.807, 2.05) is 0 Å². The summed E-state index contributed by atoms with van der Waals surface area (Å²) in [6.45, 7) is 0.179. The average molecular weight is 307 g/mol. The summed E-state index contributed by atoms with van der Waals surface area (Å²) in [5, 5.41) is 10.7. The second-order valence-electron chi connectivity index (χ2n) is 4.22. The number of hydrogen-bond donors (Lipinski definition) is 0. The maximum Gasteiger partial charge on any atom is 0.273 e. The van der Waals surface area contributed by atoms with E-state index in [1.165, 1.54) is 37.4 Å². The number of nitrogens with zero attached hydrogens (tertiary/aromatic N) is 1. The Balaban J connectivity index is 1.95. The summed E-state index contributed by atoms with van der Waals surface area (Å²) >= 11 is 0. The number of nitro groups is 1. The highest BCUT2D eigenvalue weighted by atomic mass is 19.1. The first-order valence-electron chi connectivity index (χ1n) is 6.44. The molecule has 7 heteroatoms. The molecule has 0 fully saturated rings. The quantitative estimate of drug-likeness (QED) is 0.446. The van der Waals surface area contributed by atoms with Crippen LogP contribution in [0.15, 0.2) is 42.5 Å². The summed E-state index contributed by atoms with van der Waals surface area (Å²) < 4.78 is 29.0. The van der Waals surface area contributed by atoms with Crippen LogP contribution in [0.2, 0.25) is 0 Å². The van der Waals surface area contributed by atoms with Gasteiger partial charge in [-0.1, -0.05) is 12.1 Å². The molecule has 116 valence electrons. The molecule has 0 amide bonds. The predicted octanol–water partition coefficient (Wildman–Crippen LogP) is 3.20. The minimum atomic E-state index is -0.526. The third kappa shape index (κ3) is 3.85. The Morgan fingerprint density at radius 1 is 1.05 bits per heavy atom. The number of methoxy groups -OCH3 is 1. The van der Waals surface area contributed by atoms with Crippen LogP contribution in [-0.2, 0) is 0 Å². The standard InChI is InChI=1S/C15H14FNO5/c1-20-14-7-6-11(17(18)19)10-15(14)22-9-8-21-13-5-3-2-4-12(13)16/h2-7,10H,8-9H2,1H3. The van der Waals surface area contributed by atoms with E-state index in [2.05, 4.69) is 0 Å². The Bertz CT molecular complexity index is 662. The summed E-state index contributed by atoms with van der Waals surface area (Å²) in [7, 11) is 1.43. The molecule has 0 aliphatic carbocycles. The van der Waals surface area contributed by atoms with Crippen LogP contribution in [0, 0.1) is 15.9 Å². The molecule has 6 nitrogen and oxygen atoms in total. The van der Waals surface area contributed by atoms with Crippen molar-refractivity contribution in [2.24, 2.45) is 0 Å². The molecule has 0 radical (unpaired) electrons. The van der Waals surface area contributed by atoms with Gasteiger partial charge in [0.2, 0.25) is 0 Å². The minimum absolute atomic E-state index is 0.0891. The Hall–Kier alpha value is -2.83. The monoisotopic (exact) mass is 307 g/mol. The van der Waals surface area contributed by atoms with Gasteiger partial charge in [0.1, 0.15) is 13.2 Å². The predicted molar refractivity (Wildman–Crippen MR) is 77.0 cm³/mol. The molecule has 22 heavy (non-hydrogen) atoms. The van der Waals surface area contributed by atoms with Crippen LogP contribution in [0.3, 0.4) is 0 Å². The molecule has 0 spiro atoms. The minimum Gasteiger partial charge on any atom is -0.493 e. The molecule has 0 atom stereocenters. The zero-order valence-electron chi connectivity index (χ0n) is 11.8. The van der Waals surface area contributed by atoms with Crippen LogP contribution in [-0.4, -0.2) is 25.2 Å². The molecule has 0 bridgehead atoms. The molecule has 0 saturated carbocycles. The number of non-ortho nitro benzene ring substituents is 1. The normalized spacial score (nSPS) is 10.1. The van der Waals surface area contributed by atoms with Crippen LogP contribution in [0.25, 0.3) is 0 Å². The van der Waals surface area contributed by atoms with Gasteiger partial charge in [-0.25, -0.2) is 4.39 Å². The number of para-hydroxylation sites is 1. The van der Waals surface area contributed by atoms with E-state index in [-0.39, 0.29) is 30.4 Å². The third-order valence-electron chi connectivity index (χ3n) is 2.79. The zero-order valence-corrected chi connectivity index (χ0v) is 11.8. The largest absolute Gasteiger partial charge is 0.493 e. The van der Waals surface area contributed by atoms with E-state index in [9.17, 15) is 14.5 Å². The lowest BCUT2D eigenvalue weighted by Crippen LogP contribution is -2.10. The number of nitro benzene ring substituents is 1. The average Bonchev–Trinajstić information content (AvgIpc) is 2.52. The fourth-order valence-corrected chi connectivity index (χ4v) is 1.76. The van der Waals surface area contributed by atoms with Gasteiger partial charge in [-0.05, 0) is 18.2 Å². The molecule has 0 aliphatic rings. The van der Waals surface area contributed by atoms with Crippen molar-refractivity contribution < 1.29 is 23.5 Å². The summed E-state index contributed by atoms with van der Waals surface area (Å²) in [5.74, 6) is 0.262. The topological polar surface area (TPSA) is 70.8 Å². The number of halogens is 1. The van der Waals surface area contributed by atoms with Crippen LogP contribution in [0.1, 0.15) is 0 Å². The zero-order chi connectivity index (χ0) is 15.9. The van der Waals surface area contributed by atoms with E-state index in [4.69, 9.17) is 14.2 Å². The fourth-order valence-electron chi connectivity index (χ4n) is 1.76. The van der Waals surface area contributed by atoms with Gasteiger partial charge in [-0.15, -0.1) is 0 Å². The van der Waals surface area contributed by atoms with Crippen LogP contribution >= 0.6 is 0 Å². The van der Waals surface area contributed by atoms with E-state index in [0.717, 1.165) is 0 Å². The number of rotatable bonds is 7. The van der Waals surface area contributed by atoms with Crippen molar-refractivity contribution in [3.63, 3.8) is 0 Å². The number of ether oxygens (including phenoxy) is 3. The van der Waals surface area contributed by atoms with Crippen molar-refractivity contribution in [1.82, 2.24) is 0 Å². The highest BCUT2D eigenvalue weighted by molar-refractivity contribution is 5.48. The Morgan fingerprint density at radius 3 is 2.36 bits per heavy atom. The molecular weight excluding hydrogens is 293 g/mol. The van der Waals surface area contributed by atoms with Gasteiger partial charge in [0.05, 0.1) is 18.1 Å². The van der Waals surface area contributed by atoms with Gasteiger partial charge in [-0.2, -0.15) is 0 Å². The van der Waals surface area contributed by atoms with Gasteiger partial charge in [0, 0.05) is 6.07 Å². The number of hydrogen-bond acceptors (Lipinski definition) is 5. The molecule has 2 aromatic rings. The molecule has 0 unspecified atom stereocenters. The highest BCUT2D eigenvalue weighted by Crippen LogP contribution is 2.31. The van der Waals surface area contributed by atoms with Gasteiger partial charge >= 0.3 is 0 Å². The Kier molecular flexibility index (Phi) is 5.13. The van der Waals surface area contributed by atoms with Crippen molar-refractivity contribution >= 4 is 5.69 Å². The maximum atomic E-state index is 13.3. The van der Waals surface area contributed by atoms with Crippen LogP contribution < -0.4 is 14.2 Å². The first kappa shape index (κ1) is 15.6. The number of benzene rings is 2. The van der Waals surface area contributed by atoms with Crippen molar-refractivity contribution in [3.05, 3.63) is 58.4 Å². The fraction of sp³-hybridized carbons (Fsp3) is 0.200.